The van der Waals surface area contributed by atoms with Crippen LogP contribution in [0.2, 0.25) is 0 Å². The lowest BCUT2D eigenvalue weighted by Gasteiger charge is -2.26. The van der Waals surface area contributed by atoms with Gasteiger partial charge in [0.1, 0.15) is 0 Å². The van der Waals surface area contributed by atoms with E-state index in [9.17, 15) is 9.59 Å². The third-order valence-corrected chi connectivity index (χ3v) is 2.66. The predicted molar refractivity (Wildman–Crippen MR) is 51.8 cm³/mol. The summed E-state index contributed by atoms with van der Waals surface area (Å²) in [5.41, 5.74) is 0.409. The van der Waals surface area contributed by atoms with Crippen molar-refractivity contribution in [2.75, 3.05) is 0 Å². The van der Waals surface area contributed by atoms with Gasteiger partial charge in [0.05, 0.1) is 0 Å². The van der Waals surface area contributed by atoms with Crippen molar-refractivity contribution in [2.24, 2.45) is 0 Å². The van der Waals surface area contributed by atoms with Crippen LogP contribution >= 0.6 is 0 Å². The number of amides is 1. The van der Waals surface area contributed by atoms with Crippen LogP contribution in [0.15, 0.2) is 11.1 Å². The monoisotopic (exact) mass is 197 g/mol. The minimum Gasteiger partial charge on any atom is -0.478 e. The van der Waals surface area contributed by atoms with Crippen molar-refractivity contribution in [3.8, 4) is 0 Å². The molecular formula is C10H15NO3. The number of nitrogens with one attached hydrogen (secondary N) is 1. The maximum Gasteiger partial charge on any atom is 0.331 e. The minimum atomic E-state index is -1.04. The molecule has 1 aliphatic carbocycles. The van der Waals surface area contributed by atoms with Crippen LogP contribution in [0, 0.1) is 0 Å². The third kappa shape index (κ3) is 2.34. The molecule has 0 bridgehead atoms. The van der Waals surface area contributed by atoms with Gasteiger partial charge < -0.3 is 10.4 Å². The van der Waals surface area contributed by atoms with Crippen molar-refractivity contribution in [1.29, 1.82) is 0 Å². The molecule has 0 saturated heterocycles. The molecule has 1 saturated carbocycles. The quantitative estimate of drug-likeness (QED) is 0.665. The normalized spacial score (nSPS) is 18.1. The minimum absolute atomic E-state index is 0.113. The molecule has 1 amide bonds. The standard InChI is InChI=1S/C10H15NO3/c1-6(7(2)10(13)14)9(12)11-8-4-3-5-8/h8H,3-5H2,1-2H3,(H,11,12)(H,13,14)/b7-6+. The van der Waals surface area contributed by atoms with Crippen molar-refractivity contribution in [3.63, 3.8) is 0 Å². The third-order valence-electron chi connectivity index (χ3n) is 2.66. The van der Waals surface area contributed by atoms with Gasteiger partial charge in [-0.05, 0) is 33.1 Å². The fourth-order valence-corrected chi connectivity index (χ4v) is 1.18. The molecule has 0 aromatic rings. The fourth-order valence-electron chi connectivity index (χ4n) is 1.18. The molecule has 0 aromatic carbocycles. The van der Waals surface area contributed by atoms with Gasteiger partial charge in [0.15, 0.2) is 0 Å². The van der Waals surface area contributed by atoms with Crippen molar-refractivity contribution in [2.45, 2.75) is 39.2 Å². The Balaban J connectivity index is 2.58. The highest BCUT2D eigenvalue weighted by atomic mass is 16.4. The van der Waals surface area contributed by atoms with E-state index in [4.69, 9.17) is 5.11 Å². The number of aliphatic carboxylic acids is 1. The van der Waals surface area contributed by atoms with Crippen LogP contribution in [-0.2, 0) is 9.59 Å². The summed E-state index contributed by atoms with van der Waals surface area (Å²) in [4.78, 5) is 22.0. The largest absolute Gasteiger partial charge is 0.478 e. The van der Waals surface area contributed by atoms with Gasteiger partial charge in [0.25, 0.3) is 0 Å². The molecule has 1 aliphatic rings. The van der Waals surface area contributed by atoms with Gasteiger partial charge >= 0.3 is 5.97 Å². The topological polar surface area (TPSA) is 66.4 Å². The SMILES string of the molecule is C/C(C(=O)O)=C(/C)C(=O)NC1CCC1. The Hall–Kier alpha value is -1.32. The van der Waals surface area contributed by atoms with Crippen LogP contribution in [0.3, 0.4) is 0 Å². The number of carbonyl (C=O) groups is 2. The lowest BCUT2D eigenvalue weighted by Crippen LogP contribution is -2.40. The maximum absolute atomic E-state index is 11.5. The number of hydrogen-bond donors (Lipinski definition) is 2. The van der Waals surface area contributed by atoms with Crippen LogP contribution in [0.1, 0.15) is 33.1 Å². The van der Waals surface area contributed by atoms with E-state index in [1.165, 1.54) is 13.8 Å². The predicted octanol–water partition coefficient (Wildman–Crippen LogP) is 1.08. The van der Waals surface area contributed by atoms with E-state index in [0.717, 1.165) is 19.3 Å². The second-order valence-electron chi connectivity index (χ2n) is 3.66. The van der Waals surface area contributed by atoms with Gasteiger partial charge in [-0.2, -0.15) is 0 Å². The molecule has 0 unspecified atom stereocenters. The highest BCUT2D eigenvalue weighted by Gasteiger charge is 2.21. The average molecular weight is 197 g/mol. The van der Waals surface area contributed by atoms with Gasteiger partial charge in [-0.25, -0.2) is 4.79 Å². The molecule has 14 heavy (non-hydrogen) atoms. The highest BCUT2D eigenvalue weighted by Crippen LogP contribution is 2.18. The molecule has 2 N–H and O–H groups in total. The molecule has 0 atom stereocenters. The Morgan fingerprint density at radius 2 is 1.79 bits per heavy atom. The molecule has 4 heteroatoms. The van der Waals surface area contributed by atoms with Crippen molar-refractivity contribution >= 4 is 11.9 Å². The van der Waals surface area contributed by atoms with Gasteiger partial charge in [0.2, 0.25) is 5.91 Å². The number of hydrogen-bond acceptors (Lipinski definition) is 2. The second-order valence-corrected chi connectivity index (χ2v) is 3.66. The first kappa shape index (κ1) is 10.8. The molecule has 4 nitrogen and oxygen atoms in total. The summed E-state index contributed by atoms with van der Waals surface area (Å²) in [7, 11) is 0. The van der Waals surface area contributed by atoms with Crippen LogP contribution < -0.4 is 5.32 Å². The summed E-state index contributed by atoms with van der Waals surface area (Å²) in [5, 5.41) is 11.5. The van der Waals surface area contributed by atoms with Crippen molar-refractivity contribution < 1.29 is 14.7 Å². The zero-order valence-corrected chi connectivity index (χ0v) is 8.46. The number of carboxylic acid groups (broad SMARTS) is 1. The number of carbonyl (C=O) groups excluding carboxylic acids is 1. The highest BCUT2D eigenvalue weighted by molar-refractivity contribution is 6.01. The average Bonchev–Trinajstić information content (AvgIpc) is 2.08. The van der Waals surface area contributed by atoms with Gasteiger partial charge in [-0.15, -0.1) is 0 Å². The molecule has 0 radical (unpaired) electrons. The van der Waals surface area contributed by atoms with Crippen LogP contribution in [0.5, 0.6) is 0 Å². The van der Waals surface area contributed by atoms with Gasteiger partial charge in [-0.1, -0.05) is 0 Å². The summed E-state index contributed by atoms with van der Waals surface area (Å²) >= 11 is 0. The lowest BCUT2D eigenvalue weighted by molar-refractivity contribution is -0.133. The lowest BCUT2D eigenvalue weighted by atomic mass is 9.93. The van der Waals surface area contributed by atoms with Crippen LogP contribution in [0.25, 0.3) is 0 Å². The summed E-state index contributed by atoms with van der Waals surface area (Å²) in [6.07, 6.45) is 3.15. The van der Waals surface area contributed by atoms with E-state index in [1.54, 1.807) is 0 Å². The van der Waals surface area contributed by atoms with E-state index in [1.807, 2.05) is 0 Å². The molecular weight excluding hydrogens is 182 g/mol. The zero-order chi connectivity index (χ0) is 10.7. The van der Waals surface area contributed by atoms with Gasteiger partial charge in [0, 0.05) is 17.2 Å². The van der Waals surface area contributed by atoms with Gasteiger partial charge in [-0.3, -0.25) is 4.79 Å². The van der Waals surface area contributed by atoms with Crippen molar-refractivity contribution in [3.05, 3.63) is 11.1 Å². The second kappa shape index (κ2) is 4.26. The fraction of sp³-hybridized carbons (Fsp3) is 0.600. The summed E-state index contributed by atoms with van der Waals surface area (Å²) in [6.45, 7) is 2.98. The molecule has 1 rings (SSSR count). The molecule has 0 aliphatic heterocycles. The zero-order valence-electron chi connectivity index (χ0n) is 8.46. The van der Waals surface area contributed by atoms with E-state index in [0.29, 0.717) is 5.57 Å². The van der Waals surface area contributed by atoms with Crippen LogP contribution in [-0.4, -0.2) is 23.0 Å². The van der Waals surface area contributed by atoms with E-state index in [-0.39, 0.29) is 17.5 Å². The number of carboxylic acids is 1. The van der Waals surface area contributed by atoms with E-state index >= 15 is 0 Å². The first-order valence-electron chi connectivity index (χ1n) is 4.74. The summed E-state index contributed by atoms with van der Waals surface area (Å²) in [5.74, 6) is -1.29. The number of rotatable bonds is 3. The Kier molecular flexibility index (Phi) is 3.28. The Labute approximate surface area is 83.0 Å². The van der Waals surface area contributed by atoms with Crippen molar-refractivity contribution in [1.82, 2.24) is 5.32 Å². The molecule has 0 spiro atoms. The van der Waals surface area contributed by atoms with E-state index < -0.39 is 5.97 Å². The van der Waals surface area contributed by atoms with E-state index in [2.05, 4.69) is 5.32 Å². The Morgan fingerprint density at radius 3 is 2.14 bits per heavy atom. The van der Waals surface area contributed by atoms with Crippen LogP contribution in [0.4, 0.5) is 0 Å². The molecule has 0 heterocycles. The maximum atomic E-state index is 11.5. The molecule has 0 aromatic heterocycles. The Morgan fingerprint density at radius 1 is 1.21 bits per heavy atom. The first-order valence-corrected chi connectivity index (χ1v) is 4.74. The molecule has 1 fully saturated rings. The summed E-state index contributed by atoms with van der Waals surface area (Å²) in [6, 6.07) is 0.249. The molecule has 78 valence electrons. The summed E-state index contributed by atoms with van der Waals surface area (Å²) < 4.78 is 0. The smallest absolute Gasteiger partial charge is 0.331 e. The first-order chi connectivity index (χ1) is 6.52. The Bertz CT molecular complexity index is 290.